The van der Waals surface area contributed by atoms with Crippen LogP contribution in [0.1, 0.15) is 26.7 Å². The van der Waals surface area contributed by atoms with Gasteiger partial charge in [-0.15, -0.1) is 0 Å². The average molecular weight is 258 g/mol. The molecule has 6 heteroatoms. The van der Waals surface area contributed by atoms with Crippen molar-refractivity contribution in [2.24, 2.45) is 5.92 Å². The van der Waals surface area contributed by atoms with E-state index < -0.39 is 12.0 Å². The smallest absolute Gasteiger partial charge is 0.326 e. The minimum absolute atomic E-state index is 0.0174. The van der Waals surface area contributed by atoms with Gasteiger partial charge in [0.2, 0.25) is 5.91 Å². The first-order valence-corrected chi connectivity index (χ1v) is 6.44. The van der Waals surface area contributed by atoms with Crippen LogP contribution < -0.4 is 10.6 Å². The van der Waals surface area contributed by atoms with Gasteiger partial charge in [0, 0.05) is 6.04 Å². The van der Waals surface area contributed by atoms with E-state index in [1.165, 1.54) is 0 Å². The summed E-state index contributed by atoms with van der Waals surface area (Å²) in [6, 6.07) is -0.832. The van der Waals surface area contributed by atoms with Gasteiger partial charge in [-0.25, -0.2) is 4.79 Å². The van der Waals surface area contributed by atoms with Crippen LogP contribution in [0.5, 0.6) is 0 Å². The predicted molar refractivity (Wildman–Crippen MR) is 66.2 cm³/mol. The van der Waals surface area contributed by atoms with E-state index in [2.05, 4.69) is 17.6 Å². The van der Waals surface area contributed by atoms with E-state index in [4.69, 9.17) is 9.84 Å². The number of nitrogens with one attached hydrogen (secondary N) is 2. The molecule has 1 aliphatic rings. The van der Waals surface area contributed by atoms with Crippen LogP contribution in [0.4, 0.5) is 0 Å². The zero-order valence-corrected chi connectivity index (χ0v) is 10.9. The summed E-state index contributed by atoms with van der Waals surface area (Å²) in [5.41, 5.74) is 0. The SMILES string of the molecule is CCCNC1COCC1C(=O)N[C@H](CC)C(=O)O. The lowest BCUT2D eigenvalue weighted by Crippen LogP contribution is -2.49. The van der Waals surface area contributed by atoms with Crippen LogP contribution in [0.3, 0.4) is 0 Å². The van der Waals surface area contributed by atoms with Gasteiger partial charge < -0.3 is 20.5 Å². The second-order valence-corrected chi connectivity index (χ2v) is 4.51. The molecule has 0 aliphatic carbocycles. The van der Waals surface area contributed by atoms with Crippen molar-refractivity contribution in [3.8, 4) is 0 Å². The summed E-state index contributed by atoms with van der Waals surface area (Å²) in [4.78, 5) is 22.9. The highest BCUT2D eigenvalue weighted by molar-refractivity contribution is 5.85. The first kappa shape index (κ1) is 14.9. The summed E-state index contributed by atoms with van der Waals surface area (Å²) in [7, 11) is 0. The molecule has 104 valence electrons. The molecule has 3 atom stereocenters. The molecule has 2 unspecified atom stereocenters. The first-order chi connectivity index (χ1) is 8.60. The number of ether oxygens (including phenoxy) is 1. The zero-order chi connectivity index (χ0) is 13.5. The van der Waals surface area contributed by atoms with Gasteiger partial charge in [-0.05, 0) is 19.4 Å². The second kappa shape index (κ2) is 7.33. The normalized spacial score (nSPS) is 24.8. The number of hydrogen-bond donors (Lipinski definition) is 3. The van der Waals surface area contributed by atoms with Crippen LogP contribution in [0, 0.1) is 5.92 Å². The lowest BCUT2D eigenvalue weighted by molar-refractivity contribution is -0.142. The third-order valence-electron chi connectivity index (χ3n) is 3.10. The van der Waals surface area contributed by atoms with E-state index in [-0.39, 0.29) is 17.9 Å². The highest BCUT2D eigenvalue weighted by Gasteiger charge is 2.35. The number of carbonyl (C=O) groups excluding carboxylic acids is 1. The van der Waals surface area contributed by atoms with Crippen molar-refractivity contribution in [1.29, 1.82) is 0 Å². The summed E-state index contributed by atoms with van der Waals surface area (Å²) in [5, 5.41) is 14.7. The average Bonchev–Trinajstić information content (AvgIpc) is 2.80. The summed E-state index contributed by atoms with van der Waals surface area (Å²) < 4.78 is 5.29. The fourth-order valence-electron chi connectivity index (χ4n) is 1.96. The largest absolute Gasteiger partial charge is 0.480 e. The first-order valence-electron chi connectivity index (χ1n) is 6.44. The highest BCUT2D eigenvalue weighted by Crippen LogP contribution is 2.14. The molecule has 1 fully saturated rings. The topological polar surface area (TPSA) is 87.7 Å². The molecule has 1 heterocycles. The quantitative estimate of drug-likeness (QED) is 0.597. The van der Waals surface area contributed by atoms with Crippen molar-refractivity contribution in [2.45, 2.75) is 38.8 Å². The van der Waals surface area contributed by atoms with Gasteiger partial charge in [0.15, 0.2) is 0 Å². The van der Waals surface area contributed by atoms with Gasteiger partial charge in [-0.1, -0.05) is 13.8 Å². The zero-order valence-electron chi connectivity index (χ0n) is 10.9. The lowest BCUT2D eigenvalue weighted by Gasteiger charge is -2.20. The van der Waals surface area contributed by atoms with Crippen LogP contribution in [0.25, 0.3) is 0 Å². The number of carboxylic acid groups (broad SMARTS) is 1. The van der Waals surface area contributed by atoms with E-state index in [0.717, 1.165) is 13.0 Å². The van der Waals surface area contributed by atoms with Crippen LogP contribution in [0.2, 0.25) is 0 Å². The molecule has 0 saturated carbocycles. The Bertz CT molecular complexity index is 296. The van der Waals surface area contributed by atoms with Gasteiger partial charge in [-0.2, -0.15) is 0 Å². The Morgan fingerprint density at radius 3 is 2.67 bits per heavy atom. The van der Waals surface area contributed by atoms with Gasteiger partial charge in [0.1, 0.15) is 6.04 Å². The molecule has 6 nitrogen and oxygen atoms in total. The van der Waals surface area contributed by atoms with Gasteiger partial charge in [0.25, 0.3) is 0 Å². The van der Waals surface area contributed by atoms with Crippen LogP contribution in [-0.4, -0.2) is 48.8 Å². The Hall–Kier alpha value is -1.14. The van der Waals surface area contributed by atoms with Gasteiger partial charge in [-0.3, -0.25) is 4.79 Å². The summed E-state index contributed by atoms with van der Waals surface area (Å²) >= 11 is 0. The maximum Gasteiger partial charge on any atom is 0.326 e. The van der Waals surface area contributed by atoms with E-state index in [1.54, 1.807) is 6.92 Å². The Morgan fingerprint density at radius 1 is 1.39 bits per heavy atom. The molecule has 1 amide bonds. The van der Waals surface area contributed by atoms with E-state index in [0.29, 0.717) is 19.6 Å². The summed E-state index contributed by atoms with van der Waals surface area (Å²) in [6.45, 7) is 5.46. The maximum atomic E-state index is 12.0. The molecule has 0 aromatic heterocycles. The van der Waals surface area contributed by atoms with Crippen LogP contribution in [-0.2, 0) is 14.3 Å². The number of carbonyl (C=O) groups is 2. The Morgan fingerprint density at radius 2 is 2.11 bits per heavy atom. The molecule has 0 radical (unpaired) electrons. The molecule has 0 aromatic rings. The van der Waals surface area contributed by atoms with Crippen molar-refractivity contribution >= 4 is 11.9 Å². The lowest BCUT2D eigenvalue weighted by atomic mass is 10.0. The van der Waals surface area contributed by atoms with Gasteiger partial charge >= 0.3 is 5.97 Å². The minimum atomic E-state index is -0.997. The Balaban J connectivity index is 2.51. The van der Waals surface area contributed by atoms with Crippen molar-refractivity contribution < 1.29 is 19.4 Å². The van der Waals surface area contributed by atoms with Crippen LogP contribution in [0.15, 0.2) is 0 Å². The molecule has 0 aromatic carbocycles. The Labute approximate surface area is 107 Å². The third kappa shape index (κ3) is 3.96. The van der Waals surface area contributed by atoms with E-state index >= 15 is 0 Å². The molecular formula is C12H22N2O4. The molecule has 0 bridgehead atoms. The van der Waals surface area contributed by atoms with E-state index in [9.17, 15) is 9.59 Å². The molecule has 1 saturated heterocycles. The number of aliphatic carboxylic acids is 1. The monoisotopic (exact) mass is 258 g/mol. The standard InChI is InChI=1S/C12H22N2O4/c1-3-5-13-10-7-18-6-8(10)11(15)14-9(4-2)12(16)17/h8-10,13H,3-7H2,1-2H3,(H,14,15)(H,16,17)/t8?,9-,10?/m1/s1. The van der Waals surface area contributed by atoms with Crippen molar-refractivity contribution in [1.82, 2.24) is 10.6 Å². The summed E-state index contributed by atoms with van der Waals surface area (Å²) in [5.74, 6) is -1.54. The molecule has 0 spiro atoms. The molecule has 1 rings (SSSR count). The highest BCUT2D eigenvalue weighted by atomic mass is 16.5. The maximum absolute atomic E-state index is 12.0. The molecule has 3 N–H and O–H groups in total. The van der Waals surface area contributed by atoms with Crippen molar-refractivity contribution in [2.75, 3.05) is 19.8 Å². The third-order valence-corrected chi connectivity index (χ3v) is 3.10. The van der Waals surface area contributed by atoms with Crippen molar-refractivity contribution in [3.63, 3.8) is 0 Å². The molecule has 18 heavy (non-hydrogen) atoms. The van der Waals surface area contributed by atoms with E-state index in [1.807, 2.05) is 0 Å². The fourth-order valence-corrected chi connectivity index (χ4v) is 1.96. The number of amides is 1. The van der Waals surface area contributed by atoms with Crippen LogP contribution >= 0.6 is 0 Å². The number of rotatable bonds is 7. The number of carboxylic acids is 1. The Kier molecular flexibility index (Phi) is 6.07. The van der Waals surface area contributed by atoms with Gasteiger partial charge in [0.05, 0.1) is 19.1 Å². The molecule has 1 aliphatic heterocycles. The number of hydrogen-bond acceptors (Lipinski definition) is 4. The fraction of sp³-hybridized carbons (Fsp3) is 0.833. The minimum Gasteiger partial charge on any atom is -0.480 e. The summed E-state index contributed by atoms with van der Waals surface area (Å²) in [6.07, 6.45) is 1.36. The predicted octanol–water partition coefficient (Wildman–Crippen LogP) is -0.0196. The second-order valence-electron chi connectivity index (χ2n) is 4.51. The molecular weight excluding hydrogens is 236 g/mol. The van der Waals surface area contributed by atoms with Crippen molar-refractivity contribution in [3.05, 3.63) is 0 Å².